The van der Waals surface area contributed by atoms with Crippen LogP contribution >= 0.6 is 0 Å². The minimum absolute atomic E-state index is 0.269. The van der Waals surface area contributed by atoms with E-state index in [0.29, 0.717) is 11.8 Å². The lowest BCUT2D eigenvalue weighted by Gasteiger charge is -2.28. The Balaban J connectivity index is 2.13. The van der Waals surface area contributed by atoms with Crippen LogP contribution in [0.2, 0.25) is 0 Å². The summed E-state index contributed by atoms with van der Waals surface area (Å²) in [5.41, 5.74) is 0. The summed E-state index contributed by atoms with van der Waals surface area (Å²) in [5.74, 6) is 1.39. The van der Waals surface area contributed by atoms with E-state index in [1.165, 1.54) is 32.1 Å². The van der Waals surface area contributed by atoms with Crippen molar-refractivity contribution < 1.29 is 8.42 Å². The largest absolute Gasteiger partial charge is 0.314 e. The maximum absolute atomic E-state index is 11.3. The maximum atomic E-state index is 11.3. The molecule has 0 heterocycles. The van der Waals surface area contributed by atoms with Gasteiger partial charge in [-0.3, -0.25) is 0 Å². The van der Waals surface area contributed by atoms with Gasteiger partial charge in [-0.2, -0.15) is 0 Å². The van der Waals surface area contributed by atoms with Crippen molar-refractivity contribution in [3.8, 4) is 0 Å². The van der Waals surface area contributed by atoms with Crippen LogP contribution in [0.3, 0.4) is 0 Å². The Kier molecular flexibility index (Phi) is 6.49. The Morgan fingerprint density at radius 2 is 1.88 bits per heavy atom. The zero-order valence-corrected chi connectivity index (χ0v) is 12.1. The van der Waals surface area contributed by atoms with E-state index in [1.54, 1.807) is 6.92 Å². The molecule has 1 aliphatic carbocycles. The normalized spacial score (nSPS) is 20.4. The highest BCUT2D eigenvalue weighted by atomic mass is 32.2. The molecule has 1 atom stereocenters. The third-order valence-electron chi connectivity index (χ3n) is 3.90. The lowest BCUT2D eigenvalue weighted by molar-refractivity contribution is 0.282. The van der Waals surface area contributed by atoms with Crippen LogP contribution in [0.1, 0.15) is 52.4 Å². The third-order valence-corrected chi connectivity index (χ3v) is 5.69. The second kappa shape index (κ2) is 7.37. The van der Waals surface area contributed by atoms with Crippen LogP contribution in [0, 0.1) is 5.92 Å². The fourth-order valence-electron chi connectivity index (χ4n) is 2.57. The Morgan fingerprint density at radius 3 is 2.47 bits per heavy atom. The van der Waals surface area contributed by atoms with Crippen LogP contribution < -0.4 is 5.32 Å². The molecule has 17 heavy (non-hydrogen) atoms. The molecule has 3 nitrogen and oxygen atoms in total. The molecule has 0 spiro atoms. The van der Waals surface area contributed by atoms with Gasteiger partial charge in [-0.15, -0.1) is 0 Å². The predicted molar refractivity (Wildman–Crippen MR) is 73.0 cm³/mol. The zero-order chi connectivity index (χ0) is 12.7. The SMILES string of the molecule is CCS(=O)(=O)CCCN[C@@H](C)C1CCCCC1. The molecule has 1 fully saturated rings. The molecule has 0 aromatic heterocycles. The molecule has 0 unspecified atom stereocenters. The lowest BCUT2D eigenvalue weighted by Crippen LogP contribution is -2.35. The highest BCUT2D eigenvalue weighted by Gasteiger charge is 2.19. The van der Waals surface area contributed by atoms with Crippen LogP contribution in [0.4, 0.5) is 0 Å². The second-order valence-electron chi connectivity index (χ2n) is 5.23. The van der Waals surface area contributed by atoms with E-state index in [1.807, 2.05) is 0 Å². The van der Waals surface area contributed by atoms with Crippen LogP contribution in [-0.4, -0.2) is 32.5 Å². The molecule has 1 rings (SSSR count). The molecule has 1 N–H and O–H groups in total. The van der Waals surface area contributed by atoms with Gasteiger partial charge in [-0.25, -0.2) is 8.42 Å². The fraction of sp³-hybridized carbons (Fsp3) is 1.00. The first-order valence-corrected chi connectivity index (χ1v) is 8.81. The van der Waals surface area contributed by atoms with Crippen molar-refractivity contribution in [2.45, 2.75) is 58.4 Å². The molecule has 0 radical (unpaired) electrons. The van der Waals surface area contributed by atoms with Gasteiger partial charge in [0, 0.05) is 11.8 Å². The van der Waals surface area contributed by atoms with Gasteiger partial charge in [0.05, 0.1) is 5.75 Å². The number of sulfone groups is 1. The Labute approximate surface area is 106 Å². The Hall–Kier alpha value is -0.0900. The van der Waals surface area contributed by atoms with E-state index in [0.717, 1.165) is 18.9 Å². The summed E-state index contributed by atoms with van der Waals surface area (Å²) in [7, 11) is -2.78. The van der Waals surface area contributed by atoms with Crippen molar-refractivity contribution in [3.63, 3.8) is 0 Å². The number of nitrogens with one attached hydrogen (secondary N) is 1. The molecule has 0 saturated heterocycles. The van der Waals surface area contributed by atoms with E-state index in [2.05, 4.69) is 12.2 Å². The van der Waals surface area contributed by atoms with Crippen molar-refractivity contribution >= 4 is 9.84 Å². The van der Waals surface area contributed by atoms with Gasteiger partial charge < -0.3 is 5.32 Å². The first kappa shape index (κ1) is 15.0. The minimum Gasteiger partial charge on any atom is -0.314 e. The number of rotatable bonds is 7. The van der Waals surface area contributed by atoms with Crippen molar-refractivity contribution in [2.75, 3.05) is 18.1 Å². The standard InChI is InChI=1S/C13H27NO2S/c1-3-17(15,16)11-7-10-14-12(2)13-8-5-4-6-9-13/h12-14H,3-11H2,1-2H3/t12-/m0/s1. The molecular formula is C13H27NO2S. The molecule has 4 heteroatoms. The molecule has 0 amide bonds. The van der Waals surface area contributed by atoms with Crippen molar-refractivity contribution in [2.24, 2.45) is 5.92 Å². The van der Waals surface area contributed by atoms with Gasteiger partial charge >= 0.3 is 0 Å². The first-order chi connectivity index (χ1) is 8.05. The molecule has 1 saturated carbocycles. The Morgan fingerprint density at radius 1 is 1.24 bits per heavy atom. The summed E-state index contributed by atoms with van der Waals surface area (Å²) in [6.07, 6.45) is 7.52. The summed E-state index contributed by atoms with van der Waals surface area (Å²) in [6.45, 7) is 4.79. The summed E-state index contributed by atoms with van der Waals surface area (Å²) in [6, 6.07) is 0.541. The van der Waals surface area contributed by atoms with E-state index in [-0.39, 0.29) is 5.75 Å². The summed E-state index contributed by atoms with van der Waals surface area (Å²) in [4.78, 5) is 0. The van der Waals surface area contributed by atoms with E-state index in [9.17, 15) is 8.42 Å². The van der Waals surface area contributed by atoms with Gasteiger partial charge in [0.15, 0.2) is 0 Å². The van der Waals surface area contributed by atoms with Crippen LogP contribution in [0.25, 0.3) is 0 Å². The summed E-state index contributed by atoms with van der Waals surface area (Å²) in [5, 5.41) is 3.48. The Bertz CT molecular complexity index is 295. The van der Waals surface area contributed by atoms with Gasteiger partial charge in [0.1, 0.15) is 9.84 Å². The molecular weight excluding hydrogens is 234 g/mol. The van der Waals surface area contributed by atoms with Crippen LogP contribution in [-0.2, 0) is 9.84 Å². The van der Waals surface area contributed by atoms with Crippen molar-refractivity contribution in [1.82, 2.24) is 5.32 Å². The molecule has 1 aliphatic rings. The van der Waals surface area contributed by atoms with Crippen molar-refractivity contribution in [1.29, 1.82) is 0 Å². The molecule has 102 valence electrons. The number of hydrogen-bond acceptors (Lipinski definition) is 3. The predicted octanol–water partition coefficient (Wildman–Crippen LogP) is 2.37. The fourth-order valence-corrected chi connectivity index (χ4v) is 3.44. The molecule has 0 aliphatic heterocycles. The topological polar surface area (TPSA) is 46.2 Å². The maximum Gasteiger partial charge on any atom is 0.150 e. The highest BCUT2D eigenvalue weighted by molar-refractivity contribution is 7.91. The van der Waals surface area contributed by atoms with Gasteiger partial charge in [-0.1, -0.05) is 26.2 Å². The second-order valence-corrected chi connectivity index (χ2v) is 7.70. The monoisotopic (exact) mass is 261 g/mol. The van der Waals surface area contributed by atoms with Crippen molar-refractivity contribution in [3.05, 3.63) is 0 Å². The molecule has 0 aromatic rings. The van der Waals surface area contributed by atoms with E-state index in [4.69, 9.17) is 0 Å². The quantitative estimate of drug-likeness (QED) is 0.716. The lowest BCUT2D eigenvalue weighted by atomic mass is 9.84. The summed E-state index contributed by atoms with van der Waals surface area (Å²) >= 11 is 0. The highest BCUT2D eigenvalue weighted by Crippen LogP contribution is 2.26. The molecule has 0 aromatic carbocycles. The van der Waals surface area contributed by atoms with Gasteiger partial charge in [-0.05, 0) is 38.6 Å². The number of hydrogen-bond donors (Lipinski definition) is 1. The van der Waals surface area contributed by atoms with Crippen LogP contribution in [0.5, 0.6) is 0 Å². The minimum atomic E-state index is -2.78. The zero-order valence-electron chi connectivity index (χ0n) is 11.2. The van der Waals surface area contributed by atoms with E-state index < -0.39 is 9.84 Å². The van der Waals surface area contributed by atoms with Gasteiger partial charge in [0.2, 0.25) is 0 Å². The van der Waals surface area contributed by atoms with Crippen LogP contribution in [0.15, 0.2) is 0 Å². The smallest absolute Gasteiger partial charge is 0.150 e. The third kappa shape index (κ3) is 5.87. The molecule has 0 bridgehead atoms. The summed E-state index contributed by atoms with van der Waals surface area (Å²) < 4.78 is 22.6. The average molecular weight is 261 g/mol. The average Bonchev–Trinajstić information content (AvgIpc) is 2.35. The first-order valence-electron chi connectivity index (χ1n) is 6.99. The van der Waals surface area contributed by atoms with E-state index >= 15 is 0 Å². The van der Waals surface area contributed by atoms with Gasteiger partial charge in [0.25, 0.3) is 0 Å².